The normalized spacial score (nSPS) is 19.5. The number of benzene rings is 1. The van der Waals surface area contributed by atoms with Gasteiger partial charge in [-0.3, -0.25) is 9.59 Å². The summed E-state index contributed by atoms with van der Waals surface area (Å²) in [6.45, 7) is 5.25. The molecular formula is C20H25N3O2. The molecule has 2 saturated heterocycles. The van der Waals surface area contributed by atoms with Gasteiger partial charge < -0.3 is 9.80 Å². The number of hydrogen-bond donors (Lipinski definition) is 0. The van der Waals surface area contributed by atoms with Crippen LogP contribution in [0.3, 0.4) is 0 Å². The maximum Gasteiger partial charge on any atom is 0.253 e. The Hall–Kier alpha value is -2.35. The average Bonchev–Trinajstić information content (AvgIpc) is 2.67. The van der Waals surface area contributed by atoms with E-state index in [-0.39, 0.29) is 17.7 Å². The van der Waals surface area contributed by atoms with E-state index in [2.05, 4.69) is 13.0 Å². The molecule has 2 fully saturated rings. The van der Waals surface area contributed by atoms with Crippen molar-refractivity contribution in [3.05, 3.63) is 35.4 Å². The van der Waals surface area contributed by atoms with Crippen molar-refractivity contribution in [1.82, 2.24) is 9.80 Å². The second kappa shape index (κ2) is 7.69. The third-order valence-electron chi connectivity index (χ3n) is 5.49. The zero-order valence-corrected chi connectivity index (χ0v) is 14.8. The Morgan fingerprint density at radius 2 is 1.52 bits per heavy atom. The second-order valence-electron chi connectivity index (χ2n) is 7.26. The van der Waals surface area contributed by atoms with Gasteiger partial charge in [-0.15, -0.1) is 0 Å². The van der Waals surface area contributed by atoms with Gasteiger partial charge in [-0.1, -0.05) is 6.92 Å². The van der Waals surface area contributed by atoms with Crippen molar-refractivity contribution in [3.63, 3.8) is 0 Å². The van der Waals surface area contributed by atoms with Crippen LogP contribution in [0.15, 0.2) is 24.3 Å². The third kappa shape index (κ3) is 4.01. The highest BCUT2D eigenvalue weighted by molar-refractivity contribution is 5.94. The van der Waals surface area contributed by atoms with Gasteiger partial charge in [0.25, 0.3) is 5.91 Å². The van der Waals surface area contributed by atoms with Crippen LogP contribution >= 0.6 is 0 Å². The van der Waals surface area contributed by atoms with Crippen LogP contribution in [0.2, 0.25) is 0 Å². The van der Waals surface area contributed by atoms with Crippen molar-refractivity contribution >= 4 is 11.8 Å². The van der Waals surface area contributed by atoms with Crippen LogP contribution in [0, 0.1) is 23.2 Å². The average molecular weight is 339 g/mol. The Morgan fingerprint density at radius 1 is 0.960 bits per heavy atom. The lowest BCUT2D eigenvalue weighted by molar-refractivity contribution is -0.138. The summed E-state index contributed by atoms with van der Waals surface area (Å²) in [6, 6.07) is 8.80. The van der Waals surface area contributed by atoms with Crippen LogP contribution in [0.25, 0.3) is 0 Å². The van der Waals surface area contributed by atoms with Crippen LogP contribution in [0.1, 0.15) is 48.5 Å². The minimum Gasteiger partial charge on any atom is -0.342 e. The molecule has 0 bridgehead atoms. The Morgan fingerprint density at radius 3 is 2.08 bits per heavy atom. The fourth-order valence-corrected chi connectivity index (χ4v) is 3.69. The summed E-state index contributed by atoms with van der Waals surface area (Å²) in [6.07, 6.45) is 3.68. The molecule has 132 valence electrons. The Kier molecular flexibility index (Phi) is 5.37. The van der Waals surface area contributed by atoms with Crippen molar-refractivity contribution in [3.8, 4) is 6.07 Å². The number of nitrogens with zero attached hydrogens (tertiary/aromatic N) is 3. The van der Waals surface area contributed by atoms with E-state index in [9.17, 15) is 9.59 Å². The summed E-state index contributed by atoms with van der Waals surface area (Å²) in [5.41, 5.74) is 1.16. The number of rotatable bonds is 2. The molecule has 2 heterocycles. The summed E-state index contributed by atoms with van der Waals surface area (Å²) >= 11 is 0. The Balaban J connectivity index is 1.53. The minimum atomic E-state index is -0.0119. The molecule has 0 atom stereocenters. The number of likely N-dealkylation sites (tertiary alicyclic amines) is 2. The zero-order valence-electron chi connectivity index (χ0n) is 14.8. The Bertz CT molecular complexity index is 661. The lowest BCUT2D eigenvalue weighted by atomic mass is 9.92. The first-order valence-corrected chi connectivity index (χ1v) is 9.16. The second-order valence-corrected chi connectivity index (χ2v) is 7.26. The van der Waals surface area contributed by atoms with Crippen LogP contribution in [0.5, 0.6) is 0 Å². The first-order chi connectivity index (χ1) is 12.1. The van der Waals surface area contributed by atoms with E-state index in [1.807, 2.05) is 9.80 Å². The van der Waals surface area contributed by atoms with Gasteiger partial charge in [0.15, 0.2) is 0 Å². The molecule has 2 aliphatic heterocycles. The van der Waals surface area contributed by atoms with Crippen molar-refractivity contribution in [2.75, 3.05) is 26.2 Å². The van der Waals surface area contributed by atoms with E-state index >= 15 is 0 Å². The molecular weight excluding hydrogens is 314 g/mol. The van der Waals surface area contributed by atoms with Gasteiger partial charge in [0.1, 0.15) is 0 Å². The highest BCUT2D eigenvalue weighted by Gasteiger charge is 2.31. The van der Waals surface area contributed by atoms with Gasteiger partial charge in [0.05, 0.1) is 11.6 Å². The first-order valence-electron chi connectivity index (χ1n) is 9.16. The molecule has 25 heavy (non-hydrogen) atoms. The van der Waals surface area contributed by atoms with Gasteiger partial charge in [0.2, 0.25) is 5.91 Å². The van der Waals surface area contributed by atoms with Crippen molar-refractivity contribution in [2.24, 2.45) is 11.8 Å². The molecule has 5 heteroatoms. The zero-order chi connectivity index (χ0) is 17.8. The minimum absolute atomic E-state index is 0.0119. The maximum absolute atomic E-state index is 12.7. The van der Waals surface area contributed by atoms with Gasteiger partial charge in [-0.25, -0.2) is 0 Å². The molecule has 0 N–H and O–H groups in total. The Labute approximate surface area is 149 Å². The number of carbonyl (C=O) groups excluding carboxylic acids is 2. The first kappa shape index (κ1) is 17.5. The lowest BCUT2D eigenvalue weighted by Crippen LogP contribution is -2.46. The van der Waals surface area contributed by atoms with Crippen LogP contribution in [0.4, 0.5) is 0 Å². The standard InChI is InChI=1S/C20H25N3O2/c1-15-6-10-22(11-7-15)20(25)18-8-12-23(13-9-18)19(24)17-4-2-16(14-21)3-5-17/h2-5,15,18H,6-13H2,1H3. The molecule has 0 aliphatic carbocycles. The number of amides is 2. The molecule has 0 unspecified atom stereocenters. The molecule has 0 spiro atoms. The van der Waals surface area contributed by atoms with Gasteiger partial charge in [-0.05, 0) is 55.9 Å². The highest BCUT2D eigenvalue weighted by Crippen LogP contribution is 2.24. The van der Waals surface area contributed by atoms with Crippen LogP contribution < -0.4 is 0 Å². The topological polar surface area (TPSA) is 64.4 Å². The third-order valence-corrected chi connectivity index (χ3v) is 5.49. The summed E-state index contributed by atoms with van der Waals surface area (Å²) in [7, 11) is 0. The quantitative estimate of drug-likeness (QED) is 0.832. The molecule has 0 aromatic heterocycles. The summed E-state index contributed by atoms with van der Waals surface area (Å²) in [5, 5.41) is 8.84. The highest BCUT2D eigenvalue weighted by atomic mass is 16.2. The predicted octanol–water partition coefficient (Wildman–Crippen LogP) is 2.67. The van der Waals surface area contributed by atoms with E-state index in [1.165, 1.54) is 0 Å². The van der Waals surface area contributed by atoms with E-state index in [1.54, 1.807) is 24.3 Å². The predicted molar refractivity (Wildman–Crippen MR) is 94.8 cm³/mol. The van der Waals surface area contributed by atoms with E-state index in [4.69, 9.17) is 5.26 Å². The summed E-state index contributed by atoms with van der Waals surface area (Å²) in [5.74, 6) is 1.04. The number of nitriles is 1. The molecule has 2 aliphatic rings. The molecule has 2 amide bonds. The van der Waals surface area contributed by atoms with Gasteiger partial charge in [0, 0.05) is 37.7 Å². The fraction of sp³-hybridized carbons (Fsp3) is 0.550. The molecule has 1 aromatic rings. The smallest absolute Gasteiger partial charge is 0.253 e. The molecule has 3 rings (SSSR count). The summed E-state index contributed by atoms with van der Waals surface area (Å²) in [4.78, 5) is 29.1. The van der Waals surface area contributed by atoms with Crippen LogP contribution in [-0.2, 0) is 4.79 Å². The lowest BCUT2D eigenvalue weighted by Gasteiger charge is -2.36. The largest absolute Gasteiger partial charge is 0.342 e. The van der Waals surface area contributed by atoms with E-state index in [0.29, 0.717) is 24.2 Å². The van der Waals surface area contributed by atoms with Crippen molar-refractivity contribution in [1.29, 1.82) is 5.26 Å². The molecule has 0 radical (unpaired) electrons. The van der Waals surface area contributed by atoms with E-state index in [0.717, 1.165) is 44.7 Å². The number of hydrogen-bond acceptors (Lipinski definition) is 3. The van der Waals surface area contributed by atoms with Crippen LogP contribution in [-0.4, -0.2) is 47.8 Å². The van der Waals surface area contributed by atoms with E-state index < -0.39 is 0 Å². The van der Waals surface area contributed by atoms with Crippen molar-refractivity contribution < 1.29 is 9.59 Å². The monoisotopic (exact) mass is 339 g/mol. The van der Waals surface area contributed by atoms with Gasteiger partial charge >= 0.3 is 0 Å². The van der Waals surface area contributed by atoms with Crippen molar-refractivity contribution in [2.45, 2.75) is 32.6 Å². The molecule has 1 aromatic carbocycles. The SMILES string of the molecule is CC1CCN(C(=O)C2CCN(C(=O)c3ccc(C#N)cc3)CC2)CC1. The number of piperidine rings is 2. The van der Waals surface area contributed by atoms with Gasteiger partial charge in [-0.2, -0.15) is 5.26 Å². The fourth-order valence-electron chi connectivity index (χ4n) is 3.69. The molecule has 0 saturated carbocycles. The summed E-state index contributed by atoms with van der Waals surface area (Å²) < 4.78 is 0. The molecule has 5 nitrogen and oxygen atoms in total. The number of carbonyl (C=O) groups is 2. The maximum atomic E-state index is 12.7.